The molecule has 1 fully saturated rings. The molecular formula is C22H42N2O7Si2. The van der Waals surface area contributed by atoms with Crippen LogP contribution in [0.15, 0.2) is 15.8 Å². The van der Waals surface area contributed by atoms with Gasteiger partial charge in [0, 0.05) is 0 Å². The standard InChI is InChI=1S/C22H42N2O7Si2/c1-21(2,3)32(8,9)30-16-15(13-25)29-19(17(16)31-33(10,11)22(4,5)6)24-12-14(28-7)18(26)23-20(24)27/h12,15-17,19,25H,13H2,1-11H3,(H,23,26,27)/t15-,16+,17?,19-/m1/s1. The summed E-state index contributed by atoms with van der Waals surface area (Å²) in [5.74, 6) is -0.0152. The van der Waals surface area contributed by atoms with Crippen molar-refractivity contribution in [2.45, 2.75) is 102 Å². The molecule has 0 spiro atoms. The van der Waals surface area contributed by atoms with Gasteiger partial charge in [-0.05, 0) is 36.3 Å². The molecule has 2 heterocycles. The third-order valence-corrected chi connectivity index (χ3v) is 16.3. The lowest BCUT2D eigenvalue weighted by atomic mass is 10.1. The average molecular weight is 503 g/mol. The summed E-state index contributed by atoms with van der Waals surface area (Å²) in [5, 5.41) is 10.0. The number of aromatic amines is 1. The summed E-state index contributed by atoms with van der Waals surface area (Å²) < 4.78 is 26.1. The summed E-state index contributed by atoms with van der Waals surface area (Å²) in [5.41, 5.74) is -1.26. The zero-order valence-electron chi connectivity index (χ0n) is 21.9. The second-order valence-electron chi connectivity index (χ2n) is 11.8. The number of hydrogen-bond acceptors (Lipinski definition) is 7. The first-order valence-corrected chi connectivity index (χ1v) is 17.2. The van der Waals surface area contributed by atoms with Crippen LogP contribution in [0.1, 0.15) is 47.8 Å². The third-order valence-electron chi connectivity index (χ3n) is 7.37. The number of H-pyrrole nitrogens is 1. The van der Waals surface area contributed by atoms with Crippen LogP contribution in [0.25, 0.3) is 0 Å². The van der Waals surface area contributed by atoms with Crippen molar-refractivity contribution in [3.05, 3.63) is 27.0 Å². The summed E-state index contributed by atoms with van der Waals surface area (Å²) in [6, 6.07) is 0. The summed E-state index contributed by atoms with van der Waals surface area (Å²) in [4.78, 5) is 27.1. The molecule has 2 rings (SSSR count). The van der Waals surface area contributed by atoms with E-state index in [2.05, 4.69) is 72.7 Å². The van der Waals surface area contributed by atoms with Crippen molar-refractivity contribution in [3.8, 4) is 5.75 Å². The minimum atomic E-state index is -2.34. The van der Waals surface area contributed by atoms with Crippen LogP contribution in [-0.4, -0.2) is 63.3 Å². The molecule has 1 unspecified atom stereocenters. The molecule has 1 aromatic heterocycles. The van der Waals surface area contributed by atoms with Gasteiger partial charge in [-0.2, -0.15) is 0 Å². The van der Waals surface area contributed by atoms with Crippen molar-refractivity contribution in [2.24, 2.45) is 0 Å². The molecule has 11 heteroatoms. The van der Waals surface area contributed by atoms with Gasteiger partial charge >= 0.3 is 5.69 Å². The number of ether oxygens (including phenoxy) is 2. The summed E-state index contributed by atoms with van der Waals surface area (Å²) in [6.07, 6.45) is -1.50. The summed E-state index contributed by atoms with van der Waals surface area (Å²) in [6.45, 7) is 21.0. The van der Waals surface area contributed by atoms with Crippen LogP contribution in [0.3, 0.4) is 0 Å². The molecular weight excluding hydrogens is 460 g/mol. The second-order valence-corrected chi connectivity index (χ2v) is 21.3. The van der Waals surface area contributed by atoms with Crippen LogP contribution in [0.5, 0.6) is 5.75 Å². The van der Waals surface area contributed by atoms with Crippen LogP contribution in [0.4, 0.5) is 0 Å². The van der Waals surface area contributed by atoms with E-state index in [1.54, 1.807) is 0 Å². The molecule has 1 aromatic rings. The van der Waals surface area contributed by atoms with Crippen LogP contribution in [0.2, 0.25) is 36.3 Å². The fourth-order valence-electron chi connectivity index (χ4n) is 3.18. The third kappa shape index (κ3) is 5.71. The molecule has 0 aromatic carbocycles. The lowest BCUT2D eigenvalue weighted by Gasteiger charge is -2.44. The van der Waals surface area contributed by atoms with E-state index in [1.165, 1.54) is 17.9 Å². The zero-order valence-corrected chi connectivity index (χ0v) is 23.9. The lowest BCUT2D eigenvalue weighted by molar-refractivity contribution is -0.0532. The zero-order chi connectivity index (χ0) is 25.6. The summed E-state index contributed by atoms with van der Waals surface area (Å²) >= 11 is 0. The molecule has 1 aliphatic rings. The van der Waals surface area contributed by atoms with E-state index in [-0.39, 0.29) is 22.4 Å². The van der Waals surface area contributed by atoms with E-state index in [1.807, 2.05) is 0 Å². The van der Waals surface area contributed by atoms with E-state index in [9.17, 15) is 14.7 Å². The van der Waals surface area contributed by atoms with Gasteiger partial charge in [-0.1, -0.05) is 41.5 Å². The van der Waals surface area contributed by atoms with Gasteiger partial charge in [-0.3, -0.25) is 14.3 Å². The Labute approximate surface area is 198 Å². The molecule has 0 radical (unpaired) electrons. The molecule has 0 aliphatic carbocycles. The quantitative estimate of drug-likeness (QED) is 0.551. The molecule has 2 N–H and O–H groups in total. The highest BCUT2D eigenvalue weighted by Gasteiger charge is 2.54. The highest BCUT2D eigenvalue weighted by atomic mass is 28.4. The number of nitrogens with zero attached hydrogens (tertiary/aromatic N) is 1. The van der Waals surface area contributed by atoms with E-state index in [0.29, 0.717) is 0 Å². The van der Waals surface area contributed by atoms with Gasteiger partial charge in [0.05, 0.1) is 19.9 Å². The Morgan fingerprint density at radius 2 is 1.48 bits per heavy atom. The first-order valence-electron chi connectivity index (χ1n) is 11.4. The molecule has 1 aliphatic heterocycles. The normalized spacial score (nSPS) is 24.8. The maximum atomic E-state index is 12.8. The molecule has 33 heavy (non-hydrogen) atoms. The van der Waals surface area contributed by atoms with Crippen molar-refractivity contribution in [1.82, 2.24) is 9.55 Å². The Morgan fingerprint density at radius 3 is 1.91 bits per heavy atom. The number of methoxy groups -OCH3 is 1. The fourth-order valence-corrected chi connectivity index (χ4v) is 5.79. The number of aliphatic hydroxyl groups is 1. The van der Waals surface area contributed by atoms with Gasteiger partial charge in [-0.25, -0.2) is 4.79 Å². The number of hydrogen-bond donors (Lipinski definition) is 2. The lowest BCUT2D eigenvalue weighted by Crippen LogP contribution is -2.54. The van der Waals surface area contributed by atoms with Gasteiger partial charge in [0.1, 0.15) is 18.3 Å². The van der Waals surface area contributed by atoms with Gasteiger partial charge in [0.15, 0.2) is 22.9 Å². The van der Waals surface area contributed by atoms with E-state index in [0.717, 1.165) is 0 Å². The minimum absolute atomic E-state index is 0.0152. The Hall–Kier alpha value is -1.25. The van der Waals surface area contributed by atoms with Gasteiger partial charge < -0.3 is 23.4 Å². The van der Waals surface area contributed by atoms with E-state index < -0.39 is 52.4 Å². The van der Waals surface area contributed by atoms with Gasteiger partial charge in [-0.15, -0.1) is 0 Å². The van der Waals surface area contributed by atoms with Gasteiger partial charge in [0.25, 0.3) is 5.56 Å². The molecule has 190 valence electrons. The van der Waals surface area contributed by atoms with Crippen molar-refractivity contribution >= 4 is 16.6 Å². The van der Waals surface area contributed by atoms with Gasteiger partial charge in [0.2, 0.25) is 5.75 Å². The van der Waals surface area contributed by atoms with Crippen LogP contribution >= 0.6 is 0 Å². The molecule has 9 nitrogen and oxygen atoms in total. The van der Waals surface area contributed by atoms with Crippen molar-refractivity contribution < 1.29 is 23.4 Å². The predicted molar refractivity (Wildman–Crippen MR) is 133 cm³/mol. The second kappa shape index (κ2) is 9.42. The van der Waals surface area contributed by atoms with Crippen molar-refractivity contribution in [3.63, 3.8) is 0 Å². The van der Waals surface area contributed by atoms with Crippen LogP contribution in [-0.2, 0) is 13.6 Å². The number of aromatic nitrogens is 2. The highest BCUT2D eigenvalue weighted by molar-refractivity contribution is 6.74. The van der Waals surface area contributed by atoms with Crippen molar-refractivity contribution in [1.29, 1.82) is 0 Å². The van der Waals surface area contributed by atoms with E-state index >= 15 is 0 Å². The first-order chi connectivity index (χ1) is 14.9. The molecule has 1 saturated heterocycles. The maximum Gasteiger partial charge on any atom is 0.330 e. The van der Waals surface area contributed by atoms with Crippen LogP contribution in [0, 0.1) is 0 Å². The first kappa shape index (κ1) is 28.0. The Balaban J connectivity index is 2.64. The molecule has 0 bridgehead atoms. The largest absolute Gasteiger partial charge is 0.490 e. The number of rotatable bonds is 7. The monoisotopic (exact) mass is 502 g/mol. The molecule has 4 atom stereocenters. The SMILES string of the molecule is COc1cn([C@@H]2O[C@H](CO)[C@H](O[Si](C)(C)C(C)(C)C)C2O[Si](C)(C)C(C)(C)C)c(=O)[nH]c1=O. The Morgan fingerprint density at radius 1 is 1.00 bits per heavy atom. The van der Waals surface area contributed by atoms with Crippen LogP contribution < -0.4 is 16.0 Å². The Bertz CT molecular complexity index is 944. The number of aliphatic hydroxyl groups excluding tert-OH is 1. The predicted octanol–water partition coefficient (Wildman–Crippen LogP) is 3.22. The summed E-state index contributed by atoms with van der Waals surface area (Å²) in [7, 11) is -3.27. The number of nitrogens with one attached hydrogen (secondary N) is 1. The molecule has 0 saturated carbocycles. The molecule has 0 amide bonds. The maximum absolute atomic E-state index is 12.8. The van der Waals surface area contributed by atoms with Crippen molar-refractivity contribution in [2.75, 3.05) is 13.7 Å². The fraction of sp³-hybridized carbons (Fsp3) is 0.818. The smallest absolute Gasteiger partial charge is 0.330 e. The Kier molecular flexibility index (Phi) is 7.99. The minimum Gasteiger partial charge on any atom is -0.490 e. The highest BCUT2D eigenvalue weighted by Crippen LogP contribution is 2.45. The van der Waals surface area contributed by atoms with E-state index in [4.69, 9.17) is 18.3 Å². The topological polar surface area (TPSA) is 112 Å². The average Bonchev–Trinajstić information content (AvgIpc) is 2.96.